The van der Waals surface area contributed by atoms with E-state index in [1.54, 1.807) is 30.5 Å². The number of hydrogen-bond donors (Lipinski definition) is 2. The van der Waals surface area contributed by atoms with Gasteiger partial charge in [-0.1, -0.05) is 31.4 Å². The number of benzene rings is 1. The van der Waals surface area contributed by atoms with Crippen molar-refractivity contribution in [3.05, 3.63) is 53.7 Å². The fourth-order valence-electron chi connectivity index (χ4n) is 3.22. The molecule has 3 N–H and O–H groups in total. The molecule has 0 saturated heterocycles. The fraction of sp³-hybridized carbons (Fsp3) is 0.389. The second kappa shape index (κ2) is 7.32. The van der Waals surface area contributed by atoms with E-state index in [4.69, 9.17) is 5.73 Å². The van der Waals surface area contributed by atoms with Gasteiger partial charge in [-0.15, -0.1) is 0 Å². The van der Waals surface area contributed by atoms with E-state index in [9.17, 15) is 8.42 Å². The molecule has 1 heterocycles. The van der Waals surface area contributed by atoms with E-state index in [-0.39, 0.29) is 6.54 Å². The van der Waals surface area contributed by atoms with Crippen LogP contribution in [0.4, 0.5) is 5.82 Å². The highest BCUT2D eigenvalue weighted by atomic mass is 32.2. The number of rotatable bonds is 5. The SMILES string of the molecule is Nc1cc(CNS(=O)(=O)c2ccc(C3CCCCC3)cc2)ccn1. The quantitative estimate of drug-likeness (QED) is 0.871. The fourth-order valence-corrected chi connectivity index (χ4v) is 4.24. The lowest BCUT2D eigenvalue weighted by Gasteiger charge is -2.22. The van der Waals surface area contributed by atoms with E-state index in [1.165, 1.54) is 37.7 Å². The lowest BCUT2D eigenvalue weighted by molar-refractivity contribution is 0.443. The van der Waals surface area contributed by atoms with E-state index in [1.807, 2.05) is 12.1 Å². The predicted octanol–water partition coefficient (Wildman–Crippen LogP) is 3.19. The zero-order valence-corrected chi connectivity index (χ0v) is 14.4. The molecule has 1 aliphatic rings. The zero-order valence-electron chi connectivity index (χ0n) is 13.6. The molecule has 1 fully saturated rings. The van der Waals surface area contributed by atoms with Gasteiger partial charge in [-0.05, 0) is 54.2 Å². The standard InChI is InChI=1S/C18H23N3O2S/c19-18-12-14(10-11-20-18)13-21-24(22,23)17-8-6-16(7-9-17)15-4-2-1-3-5-15/h6-12,15,21H,1-5,13H2,(H2,19,20). The molecule has 0 radical (unpaired) electrons. The minimum Gasteiger partial charge on any atom is -0.384 e. The normalized spacial score (nSPS) is 16.2. The van der Waals surface area contributed by atoms with Crippen molar-refractivity contribution in [1.82, 2.24) is 9.71 Å². The van der Waals surface area contributed by atoms with Crippen LogP contribution in [0.1, 0.15) is 49.1 Å². The largest absolute Gasteiger partial charge is 0.384 e. The van der Waals surface area contributed by atoms with Crippen molar-refractivity contribution in [2.75, 3.05) is 5.73 Å². The molecule has 1 aliphatic carbocycles. The first kappa shape index (κ1) is 16.9. The Morgan fingerprint density at radius 3 is 2.46 bits per heavy atom. The van der Waals surface area contributed by atoms with E-state index in [0.717, 1.165) is 5.56 Å². The molecule has 0 amide bonds. The van der Waals surface area contributed by atoms with Gasteiger partial charge in [0.05, 0.1) is 4.90 Å². The summed E-state index contributed by atoms with van der Waals surface area (Å²) < 4.78 is 27.4. The third kappa shape index (κ3) is 4.13. The van der Waals surface area contributed by atoms with Crippen molar-refractivity contribution in [3.63, 3.8) is 0 Å². The first-order valence-corrected chi connectivity index (χ1v) is 9.83. The van der Waals surface area contributed by atoms with E-state index in [0.29, 0.717) is 16.6 Å². The van der Waals surface area contributed by atoms with Crippen LogP contribution in [0.25, 0.3) is 0 Å². The van der Waals surface area contributed by atoms with Crippen LogP contribution in [-0.4, -0.2) is 13.4 Å². The highest BCUT2D eigenvalue weighted by Gasteiger charge is 2.18. The molecular weight excluding hydrogens is 322 g/mol. The van der Waals surface area contributed by atoms with Gasteiger partial charge in [0.15, 0.2) is 0 Å². The number of nitrogens with zero attached hydrogens (tertiary/aromatic N) is 1. The summed E-state index contributed by atoms with van der Waals surface area (Å²) in [5, 5.41) is 0. The summed E-state index contributed by atoms with van der Waals surface area (Å²) in [5.74, 6) is 0.951. The van der Waals surface area contributed by atoms with Gasteiger partial charge in [-0.25, -0.2) is 18.1 Å². The maximum Gasteiger partial charge on any atom is 0.240 e. The average molecular weight is 345 g/mol. The van der Waals surface area contributed by atoms with Crippen molar-refractivity contribution in [2.24, 2.45) is 0 Å². The maximum absolute atomic E-state index is 12.4. The Morgan fingerprint density at radius 2 is 1.79 bits per heavy atom. The second-order valence-corrected chi connectivity index (χ2v) is 8.08. The Bertz CT molecular complexity index is 782. The maximum atomic E-state index is 12.4. The van der Waals surface area contributed by atoms with Gasteiger partial charge in [0.25, 0.3) is 0 Å². The van der Waals surface area contributed by atoms with Crippen LogP contribution >= 0.6 is 0 Å². The van der Waals surface area contributed by atoms with E-state index < -0.39 is 10.0 Å². The summed E-state index contributed by atoms with van der Waals surface area (Å²) in [6, 6.07) is 10.7. The third-order valence-electron chi connectivity index (χ3n) is 4.58. The lowest BCUT2D eigenvalue weighted by atomic mass is 9.84. The highest BCUT2D eigenvalue weighted by Crippen LogP contribution is 2.32. The van der Waals surface area contributed by atoms with Crippen molar-refractivity contribution in [1.29, 1.82) is 0 Å². The molecular formula is C18H23N3O2S. The first-order valence-electron chi connectivity index (χ1n) is 8.35. The molecule has 0 spiro atoms. The zero-order chi connectivity index (χ0) is 17.0. The molecule has 0 atom stereocenters. The molecule has 0 aliphatic heterocycles. The third-order valence-corrected chi connectivity index (χ3v) is 6.00. The van der Waals surface area contributed by atoms with Crippen molar-refractivity contribution in [2.45, 2.75) is 49.5 Å². The molecule has 0 unspecified atom stereocenters. The van der Waals surface area contributed by atoms with Gasteiger partial charge in [0, 0.05) is 12.7 Å². The molecule has 0 bridgehead atoms. The topological polar surface area (TPSA) is 85.1 Å². The smallest absolute Gasteiger partial charge is 0.240 e. The van der Waals surface area contributed by atoms with Gasteiger partial charge >= 0.3 is 0 Å². The Kier molecular flexibility index (Phi) is 5.16. The first-order chi connectivity index (χ1) is 11.5. The summed E-state index contributed by atoms with van der Waals surface area (Å²) in [6.07, 6.45) is 7.81. The minimum absolute atomic E-state index is 0.194. The van der Waals surface area contributed by atoms with Gasteiger partial charge in [-0.3, -0.25) is 0 Å². The molecule has 6 heteroatoms. The predicted molar refractivity (Wildman–Crippen MR) is 94.9 cm³/mol. The summed E-state index contributed by atoms with van der Waals surface area (Å²) in [5.41, 5.74) is 7.64. The lowest BCUT2D eigenvalue weighted by Crippen LogP contribution is -2.23. The number of aromatic nitrogens is 1. The van der Waals surface area contributed by atoms with Gasteiger partial charge in [0.2, 0.25) is 10.0 Å². The number of nitrogens with one attached hydrogen (secondary N) is 1. The summed E-state index contributed by atoms with van der Waals surface area (Å²) in [6.45, 7) is 0.194. The highest BCUT2D eigenvalue weighted by molar-refractivity contribution is 7.89. The van der Waals surface area contributed by atoms with Gasteiger partial charge < -0.3 is 5.73 Å². The molecule has 24 heavy (non-hydrogen) atoms. The molecule has 1 saturated carbocycles. The Hall–Kier alpha value is -1.92. The number of sulfonamides is 1. The van der Waals surface area contributed by atoms with Crippen LogP contribution in [0.3, 0.4) is 0 Å². The molecule has 5 nitrogen and oxygen atoms in total. The van der Waals surface area contributed by atoms with Crippen LogP contribution in [-0.2, 0) is 16.6 Å². The Labute approximate surface area is 143 Å². The molecule has 1 aromatic carbocycles. The van der Waals surface area contributed by atoms with Crippen LogP contribution in [0.2, 0.25) is 0 Å². The minimum atomic E-state index is -3.53. The Balaban J connectivity index is 1.67. The number of pyridine rings is 1. The molecule has 128 valence electrons. The van der Waals surface area contributed by atoms with Crippen LogP contribution in [0.15, 0.2) is 47.5 Å². The summed E-state index contributed by atoms with van der Waals surface area (Å²) in [4.78, 5) is 4.19. The summed E-state index contributed by atoms with van der Waals surface area (Å²) >= 11 is 0. The number of anilines is 1. The van der Waals surface area contributed by atoms with Crippen molar-refractivity contribution < 1.29 is 8.42 Å². The number of hydrogen-bond acceptors (Lipinski definition) is 4. The van der Waals surface area contributed by atoms with Crippen molar-refractivity contribution in [3.8, 4) is 0 Å². The second-order valence-electron chi connectivity index (χ2n) is 6.32. The van der Waals surface area contributed by atoms with Crippen molar-refractivity contribution >= 4 is 15.8 Å². The van der Waals surface area contributed by atoms with E-state index >= 15 is 0 Å². The monoisotopic (exact) mass is 345 g/mol. The summed E-state index contributed by atoms with van der Waals surface area (Å²) in [7, 11) is -3.53. The number of nitrogens with two attached hydrogens (primary N) is 1. The van der Waals surface area contributed by atoms with Gasteiger partial charge in [0.1, 0.15) is 5.82 Å². The molecule has 3 rings (SSSR count). The molecule has 1 aromatic heterocycles. The average Bonchev–Trinajstić information content (AvgIpc) is 2.61. The van der Waals surface area contributed by atoms with Crippen LogP contribution in [0.5, 0.6) is 0 Å². The Morgan fingerprint density at radius 1 is 1.08 bits per heavy atom. The number of nitrogen functional groups attached to an aromatic ring is 1. The van der Waals surface area contributed by atoms with Crippen LogP contribution in [0, 0.1) is 0 Å². The van der Waals surface area contributed by atoms with Crippen LogP contribution < -0.4 is 10.5 Å². The van der Waals surface area contributed by atoms with Gasteiger partial charge in [-0.2, -0.15) is 0 Å². The molecule has 2 aromatic rings. The van der Waals surface area contributed by atoms with E-state index in [2.05, 4.69) is 9.71 Å².